The van der Waals surface area contributed by atoms with Gasteiger partial charge < -0.3 is 14.8 Å². The fourth-order valence-corrected chi connectivity index (χ4v) is 3.36. The number of amides is 3. The molecule has 3 amide bonds. The van der Waals surface area contributed by atoms with E-state index in [4.69, 9.17) is 9.47 Å². The van der Waals surface area contributed by atoms with E-state index in [1.54, 1.807) is 18.2 Å². The van der Waals surface area contributed by atoms with Gasteiger partial charge in [-0.15, -0.1) is 0 Å². The summed E-state index contributed by atoms with van der Waals surface area (Å²) in [6, 6.07) is 4.18. The molecule has 1 unspecified atom stereocenters. The maximum Gasteiger partial charge on any atom is 0.269 e. The van der Waals surface area contributed by atoms with Crippen LogP contribution in [-0.2, 0) is 9.59 Å². The third kappa shape index (κ3) is 4.25. The summed E-state index contributed by atoms with van der Waals surface area (Å²) in [5.74, 6) is 0.0164. The van der Waals surface area contributed by atoms with Crippen LogP contribution in [0.25, 0.3) is 0 Å². The van der Waals surface area contributed by atoms with Crippen LogP contribution in [-0.4, -0.2) is 37.0 Å². The maximum absolute atomic E-state index is 12.4. The summed E-state index contributed by atoms with van der Waals surface area (Å²) in [7, 11) is 0. The molecule has 1 atom stereocenters. The molecule has 0 radical (unpaired) electrons. The van der Waals surface area contributed by atoms with Crippen molar-refractivity contribution in [1.29, 1.82) is 0 Å². The molecule has 0 spiro atoms. The van der Waals surface area contributed by atoms with Gasteiger partial charge in [0.1, 0.15) is 19.3 Å². The highest BCUT2D eigenvalue weighted by molar-refractivity contribution is 5.97. The molecule has 1 aliphatic heterocycles. The third-order valence-electron chi connectivity index (χ3n) is 4.62. The van der Waals surface area contributed by atoms with E-state index in [0.29, 0.717) is 30.3 Å². The molecule has 3 N–H and O–H groups in total. The first-order valence-corrected chi connectivity index (χ1v) is 8.81. The third-order valence-corrected chi connectivity index (χ3v) is 4.62. The van der Waals surface area contributed by atoms with Crippen molar-refractivity contribution in [3.05, 3.63) is 23.8 Å². The second-order valence-electron chi connectivity index (χ2n) is 6.52. The topological polar surface area (TPSA) is 106 Å². The van der Waals surface area contributed by atoms with Gasteiger partial charge in [-0.3, -0.25) is 25.2 Å². The first-order valence-electron chi connectivity index (χ1n) is 8.81. The number of carbonyl (C=O) groups excluding carboxylic acids is 3. The van der Waals surface area contributed by atoms with Crippen molar-refractivity contribution >= 4 is 17.7 Å². The van der Waals surface area contributed by atoms with Gasteiger partial charge in [-0.05, 0) is 37.0 Å². The van der Waals surface area contributed by atoms with Crippen molar-refractivity contribution in [2.75, 3.05) is 13.2 Å². The Morgan fingerprint density at radius 2 is 1.73 bits per heavy atom. The number of benzene rings is 1. The van der Waals surface area contributed by atoms with Crippen LogP contribution in [0.2, 0.25) is 0 Å². The van der Waals surface area contributed by atoms with Gasteiger partial charge in [0.15, 0.2) is 11.5 Å². The van der Waals surface area contributed by atoms with E-state index in [1.807, 2.05) is 0 Å². The Morgan fingerprint density at radius 1 is 1.04 bits per heavy atom. The minimum absolute atomic E-state index is 0.0881. The summed E-state index contributed by atoms with van der Waals surface area (Å²) < 4.78 is 10.9. The molecule has 1 fully saturated rings. The molecule has 1 heterocycles. The number of hydrazine groups is 1. The lowest BCUT2D eigenvalue weighted by Crippen LogP contribution is -2.54. The number of rotatable bonds is 4. The zero-order chi connectivity index (χ0) is 18.5. The maximum atomic E-state index is 12.4. The molecule has 2 aliphatic rings. The summed E-state index contributed by atoms with van der Waals surface area (Å²) in [4.78, 5) is 36.1. The van der Waals surface area contributed by atoms with Gasteiger partial charge in [-0.25, -0.2) is 0 Å². The monoisotopic (exact) mass is 361 g/mol. The van der Waals surface area contributed by atoms with E-state index in [-0.39, 0.29) is 11.8 Å². The van der Waals surface area contributed by atoms with Gasteiger partial charge >= 0.3 is 0 Å². The Morgan fingerprint density at radius 3 is 2.42 bits per heavy atom. The van der Waals surface area contributed by atoms with Crippen LogP contribution in [0.15, 0.2) is 18.2 Å². The van der Waals surface area contributed by atoms with Crippen LogP contribution in [0.3, 0.4) is 0 Å². The van der Waals surface area contributed by atoms with Crippen LogP contribution in [0.5, 0.6) is 11.5 Å². The van der Waals surface area contributed by atoms with Gasteiger partial charge in [0.05, 0.1) is 0 Å². The fourth-order valence-electron chi connectivity index (χ4n) is 3.36. The second-order valence-corrected chi connectivity index (χ2v) is 6.52. The Hall–Kier alpha value is -2.77. The van der Waals surface area contributed by atoms with Gasteiger partial charge in [0.2, 0.25) is 5.91 Å². The summed E-state index contributed by atoms with van der Waals surface area (Å²) in [6.45, 7) is 2.28. The standard InChI is InChI=1S/C18H23N3O5/c1-11(22)19-16(12-4-2-3-5-12)18(24)21-20-17(23)13-6-7-14-15(10-13)26-9-8-25-14/h6-7,10,12,16H,2-5,8-9H2,1H3,(H,19,22)(H,20,23)(H,21,24). The quantitative estimate of drug-likeness (QED) is 0.692. The average Bonchev–Trinajstić information content (AvgIpc) is 3.17. The molecule has 0 saturated heterocycles. The predicted molar refractivity (Wildman–Crippen MR) is 92.6 cm³/mol. The van der Waals surface area contributed by atoms with Crippen molar-refractivity contribution in [2.45, 2.75) is 38.6 Å². The Balaban J connectivity index is 1.60. The Kier molecular flexibility index (Phi) is 5.60. The minimum Gasteiger partial charge on any atom is -0.486 e. The van der Waals surface area contributed by atoms with Crippen LogP contribution in [0.1, 0.15) is 43.0 Å². The Bertz CT molecular complexity index is 700. The SMILES string of the molecule is CC(=O)NC(C(=O)NNC(=O)c1ccc2c(c1)OCCO2)C1CCCC1. The number of nitrogens with one attached hydrogen (secondary N) is 3. The second kappa shape index (κ2) is 8.07. The molecule has 1 aliphatic carbocycles. The van der Waals surface area contributed by atoms with E-state index in [9.17, 15) is 14.4 Å². The minimum atomic E-state index is -0.643. The highest BCUT2D eigenvalue weighted by atomic mass is 16.6. The molecule has 1 aromatic rings. The molecule has 3 rings (SSSR count). The van der Waals surface area contributed by atoms with Crippen molar-refractivity contribution in [3.8, 4) is 11.5 Å². The van der Waals surface area contributed by atoms with Gasteiger partial charge in [-0.2, -0.15) is 0 Å². The van der Waals surface area contributed by atoms with Crippen LogP contribution < -0.4 is 25.6 Å². The first kappa shape index (κ1) is 18.0. The van der Waals surface area contributed by atoms with Gasteiger partial charge in [0.25, 0.3) is 11.8 Å². The molecule has 140 valence electrons. The fraction of sp³-hybridized carbons (Fsp3) is 0.500. The normalized spacial score (nSPS) is 17.3. The molecule has 1 aromatic carbocycles. The zero-order valence-corrected chi connectivity index (χ0v) is 14.7. The zero-order valence-electron chi connectivity index (χ0n) is 14.7. The van der Waals surface area contributed by atoms with Crippen molar-refractivity contribution in [3.63, 3.8) is 0 Å². The number of ether oxygens (including phenoxy) is 2. The number of hydrogen-bond acceptors (Lipinski definition) is 5. The smallest absolute Gasteiger partial charge is 0.269 e. The van der Waals surface area contributed by atoms with E-state index < -0.39 is 17.9 Å². The highest BCUT2D eigenvalue weighted by Gasteiger charge is 2.31. The first-order chi connectivity index (χ1) is 12.5. The lowest BCUT2D eigenvalue weighted by atomic mass is 9.97. The van der Waals surface area contributed by atoms with Crippen LogP contribution in [0, 0.1) is 5.92 Å². The van der Waals surface area contributed by atoms with Crippen molar-refractivity contribution in [2.24, 2.45) is 5.92 Å². The molecular formula is C18H23N3O5. The molecule has 8 nitrogen and oxygen atoms in total. The van der Waals surface area contributed by atoms with Crippen LogP contribution >= 0.6 is 0 Å². The average molecular weight is 361 g/mol. The molecular weight excluding hydrogens is 338 g/mol. The lowest BCUT2D eigenvalue weighted by molar-refractivity contribution is -0.129. The Labute approximate surface area is 151 Å². The number of hydrogen-bond donors (Lipinski definition) is 3. The summed E-state index contributed by atoms with van der Waals surface area (Å²) >= 11 is 0. The molecule has 1 saturated carbocycles. The van der Waals surface area contributed by atoms with E-state index in [1.165, 1.54) is 6.92 Å². The van der Waals surface area contributed by atoms with Crippen LogP contribution in [0.4, 0.5) is 0 Å². The predicted octanol–water partition coefficient (Wildman–Crippen LogP) is 0.914. The summed E-state index contributed by atoms with van der Waals surface area (Å²) in [6.07, 6.45) is 3.85. The van der Waals surface area contributed by atoms with Crippen molar-refractivity contribution in [1.82, 2.24) is 16.2 Å². The summed E-state index contributed by atoms with van der Waals surface area (Å²) in [5.41, 5.74) is 5.15. The largest absolute Gasteiger partial charge is 0.486 e. The van der Waals surface area contributed by atoms with Gasteiger partial charge in [-0.1, -0.05) is 12.8 Å². The van der Waals surface area contributed by atoms with E-state index in [0.717, 1.165) is 25.7 Å². The lowest BCUT2D eigenvalue weighted by Gasteiger charge is -2.23. The van der Waals surface area contributed by atoms with E-state index >= 15 is 0 Å². The van der Waals surface area contributed by atoms with Gasteiger partial charge in [0, 0.05) is 12.5 Å². The van der Waals surface area contributed by atoms with Crippen molar-refractivity contribution < 1.29 is 23.9 Å². The van der Waals surface area contributed by atoms with E-state index in [2.05, 4.69) is 16.2 Å². The number of carbonyl (C=O) groups is 3. The molecule has 0 bridgehead atoms. The number of fused-ring (bicyclic) bond motifs is 1. The summed E-state index contributed by atoms with van der Waals surface area (Å²) in [5, 5.41) is 2.69. The molecule has 26 heavy (non-hydrogen) atoms. The molecule has 0 aromatic heterocycles. The highest BCUT2D eigenvalue weighted by Crippen LogP contribution is 2.30. The molecule has 8 heteroatoms.